The molecule has 0 aliphatic rings. The van der Waals surface area contributed by atoms with Gasteiger partial charge in [-0.2, -0.15) is 0 Å². The third-order valence-electron chi connectivity index (χ3n) is 3.72. The molecule has 0 unspecified atom stereocenters. The van der Waals surface area contributed by atoms with Crippen LogP contribution in [0.5, 0.6) is 0 Å². The zero-order valence-corrected chi connectivity index (χ0v) is 13.2. The molecule has 3 rings (SSSR count). The lowest BCUT2D eigenvalue weighted by Crippen LogP contribution is -2.23. The number of anilines is 1. The summed E-state index contributed by atoms with van der Waals surface area (Å²) in [5.74, 6) is -3.68. The third kappa shape index (κ3) is 3.12. The SMILES string of the molecule is CCn1c(N)nc2cc(C(=O)NCc3cc(F)c(F)cc3F)cnc21. The summed E-state index contributed by atoms with van der Waals surface area (Å²) in [4.78, 5) is 20.5. The molecule has 1 amide bonds. The normalized spacial score (nSPS) is 11.0. The van der Waals surface area contributed by atoms with Crippen molar-refractivity contribution < 1.29 is 18.0 Å². The topological polar surface area (TPSA) is 85.8 Å². The van der Waals surface area contributed by atoms with E-state index in [9.17, 15) is 18.0 Å². The van der Waals surface area contributed by atoms with Gasteiger partial charge in [-0.1, -0.05) is 0 Å². The Kier molecular flexibility index (Phi) is 4.30. The molecule has 2 heterocycles. The zero-order chi connectivity index (χ0) is 18.1. The van der Waals surface area contributed by atoms with E-state index in [1.165, 1.54) is 12.3 Å². The lowest BCUT2D eigenvalue weighted by atomic mass is 10.2. The van der Waals surface area contributed by atoms with Crippen LogP contribution >= 0.6 is 0 Å². The summed E-state index contributed by atoms with van der Waals surface area (Å²) in [5, 5.41) is 2.43. The van der Waals surface area contributed by atoms with Crippen LogP contribution in [-0.4, -0.2) is 20.4 Å². The molecule has 0 spiro atoms. The van der Waals surface area contributed by atoms with Crippen LogP contribution in [0.1, 0.15) is 22.8 Å². The number of hydrogen-bond donors (Lipinski definition) is 2. The van der Waals surface area contributed by atoms with Crippen molar-refractivity contribution in [2.24, 2.45) is 0 Å². The minimum atomic E-state index is -1.29. The van der Waals surface area contributed by atoms with E-state index in [1.807, 2.05) is 6.92 Å². The molecule has 25 heavy (non-hydrogen) atoms. The van der Waals surface area contributed by atoms with Crippen molar-refractivity contribution in [3.8, 4) is 0 Å². The molecule has 0 saturated heterocycles. The molecule has 0 atom stereocenters. The number of aromatic nitrogens is 3. The van der Waals surface area contributed by atoms with E-state index in [2.05, 4.69) is 15.3 Å². The molecule has 130 valence electrons. The molecule has 6 nitrogen and oxygen atoms in total. The smallest absolute Gasteiger partial charge is 0.253 e. The lowest BCUT2D eigenvalue weighted by Gasteiger charge is -2.07. The highest BCUT2D eigenvalue weighted by Gasteiger charge is 2.14. The number of fused-ring (bicyclic) bond motifs is 1. The molecule has 0 saturated carbocycles. The largest absolute Gasteiger partial charge is 0.369 e. The summed E-state index contributed by atoms with van der Waals surface area (Å²) < 4.78 is 41.3. The highest BCUT2D eigenvalue weighted by Crippen LogP contribution is 2.17. The monoisotopic (exact) mass is 349 g/mol. The fraction of sp³-hybridized carbons (Fsp3) is 0.188. The maximum absolute atomic E-state index is 13.6. The minimum Gasteiger partial charge on any atom is -0.369 e. The first-order valence-electron chi connectivity index (χ1n) is 7.44. The van der Waals surface area contributed by atoms with Gasteiger partial charge in [0.15, 0.2) is 17.3 Å². The standard InChI is InChI=1S/C16H14F3N5O/c1-2-24-14-13(23-16(24)20)4-9(7-21-14)15(25)22-6-8-3-11(18)12(19)5-10(8)17/h3-5,7H,2,6H2,1H3,(H2,20,23)(H,22,25). The van der Waals surface area contributed by atoms with Gasteiger partial charge < -0.3 is 11.1 Å². The number of rotatable bonds is 4. The van der Waals surface area contributed by atoms with E-state index in [1.54, 1.807) is 4.57 Å². The Labute approximate surface area is 140 Å². The van der Waals surface area contributed by atoms with E-state index in [0.29, 0.717) is 29.8 Å². The van der Waals surface area contributed by atoms with Gasteiger partial charge in [-0.3, -0.25) is 9.36 Å². The van der Waals surface area contributed by atoms with E-state index >= 15 is 0 Å². The molecule has 0 radical (unpaired) electrons. The van der Waals surface area contributed by atoms with Gasteiger partial charge in [-0.15, -0.1) is 0 Å². The second-order valence-electron chi connectivity index (χ2n) is 5.32. The maximum atomic E-state index is 13.6. The molecule has 3 N–H and O–H groups in total. The minimum absolute atomic E-state index is 0.166. The summed E-state index contributed by atoms with van der Waals surface area (Å²) in [6.45, 7) is 2.16. The van der Waals surface area contributed by atoms with Gasteiger partial charge in [0.2, 0.25) is 5.95 Å². The van der Waals surface area contributed by atoms with E-state index < -0.39 is 23.4 Å². The summed E-state index contributed by atoms with van der Waals surface area (Å²) in [7, 11) is 0. The summed E-state index contributed by atoms with van der Waals surface area (Å²) in [5.41, 5.74) is 6.79. The summed E-state index contributed by atoms with van der Waals surface area (Å²) in [6, 6.07) is 2.64. The quantitative estimate of drug-likeness (QED) is 0.708. The average Bonchev–Trinajstić information content (AvgIpc) is 2.90. The third-order valence-corrected chi connectivity index (χ3v) is 3.72. The lowest BCUT2D eigenvalue weighted by molar-refractivity contribution is 0.0950. The zero-order valence-electron chi connectivity index (χ0n) is 13.2. The number of imidazole rings is 1. The van der Waals surface area contributed by atoms with Crippen LogP contribution in [0.3, 0.4) is 0 Å². The summed E-state index contributed by atoms with van der Waals surface area (Å²) >= 11 is 0. The maximum Gasteiger partial charge on any atom is 0.253 e. The number of aryl methyl sites for hydroxylation is 1. The predicted molar refractivity (Wildman–Crippen MR) is 85.1 cm³/mol. The van der Waals surface area contributed by atoms with Crippen molar-refractivity contribution >= 4 is 23.0 Å². The van der Waals surface area contributed by atoms with Crippen LogP contribution in [0.15, 0.2) is 24.4 Å². The molecule has 1 aromatic carbocycles. The Morgan fingerprint density at radius 1 is 1.20 bits per heavy atom. The van der Waals surface area contributed by atoms with Crippen molar-refractivity contribution in [3.63, 3.8) is 0 Å². The first-order valence-corrected chi connectivity index (χ1v) is 7.44. The molecule has 2 aromatic heterocycles. The molecule has 0 aliphatic heterocycles. The number of nitrogens with zero attached hydrogens (tertiary/aromatic N) is 3. The number of nitrogen functional groups attached to an aromatic ring is 1. The average molecular weight is 349 g/mol. The van der Waals surface area contributed by atoms with Gasteiger partial charge >= 0.3 is 0 Å². The van der Waals surface area contributed by atoms with E-state index in [-0.39, 0.29) is 23.6 Å². The van der Waals surface area contributed by atoms with Crippen molar-refractivity contribution in [2.75, 3.05) is 5.73 Å². The fourth-order valence-electron chi connectivity index (χ4n) is 2.44. The van der Waals surface area contributed by atoms with Crippen molar-refractivity contribution in [1.29, 1.82) is 0 Å². The van der Waals surface area contributed by atoms with Crippen molar-refractivity contribution in [2.45, 2.75) is 20.0 Å². The number of pyridine rings is 1. The molecule has 0 aliphatic carbocycles. The Morgan fingerprint density at radius 2 is 1.92 bits per heavy atom. The van der Waals surface area contributed by atoms with Crippen LogP contribution in [0.25, 0.3) is 11.2 Å². The Hall–Kier alpha value is -3.10. The highest BCUT2D eigenvalue weighted by atomic mass is 19.2. The molecule has 3 aromatic rings. The number of halogens is 3. The number of benzene rings is 1. The van der Waals surface area contributed by atoms with Crippen molar-refractivity contribution in [3.05, 3.63) is 53.0 Å². The number of carbonyl (C=O) groups is 1. The Morgan fingerprint density at radius 3 is 2.64 bits per heavy atom. The first-order chi connectivity index (χ1) is 11.9. The van der Waals surface area contributed by atoms with Crippen LogP contribution in [-0.2, 0) is 13.1 Å². The summed E-state index contributed by atoms with van der Waals surface area (Å²) in [6.07, 6.45) is 1.34. The molecule has 9 heteroatoms. The predicted octanol–water partition coefficient (Wildman–Crippen LogP) is 2.38. The second-order valence-corrected chi connectivity index (χ2v) is 5.32. The van der Waals surface area contributed by atoms with E-state index in [4.69, 9.17) is 5.73 Å². The van der Waals surface area contributed by atoms with Crippen LogP contribution in [0.2, 0.25) is 0 Å². The van der Waals surface area contributed by atoms with Crippen LogP contribution in [0.4, 0.5) is 19.1 Å². The number of amides is 1. The molecule has 0 bridgehead atoms. The number of nitrogens with one attached hydrogen (secondary N) is 1. The Balaban J connectivity index is 1.80. The van der Waals surface area contributed by atoms with Gasteiger partial charge in [0.05, 0.1) is 5.56 Å². The molecule has 0 fully saturated rings. The first kappa shape index (κ1) is 16.7. The molecular formula is C16H14F3N5O. The van der Waals surface area contributed by atoms with Gasteiger partial charge in [-0.25, -0.2) is 23.1 Å². The van der Waals surface area contributed by atoms with Gasteiger partial charge in [0, 0.05) is 30.9 Å². The number of hydrogen-bond acceptors (Lipinski definition) is 4. The highest BCUT2D eigenvalue weighted by molar-refractivity contribution is 5.96. The van der Waals surface area contributed by atoms with Crippen molar-refractivity contribution in [1.82, 2.24) is 19.9 Å². The fourth-order valence-corrected chi connectivity index (χ4v) is 2.44. The number of nitrogens with two attached hydrogens (primary N) is 1. The van der Waals surface area contributed by atoms with Gasteiger partial charge in [-0.05, 0) is 19.1 Å². The van der Waals surface area contributed by atoms with Crippen LogP contribution < -0.4 is 11.1 Å². The van der Waals surface area contributed by atoms with Gasteiger partial charge in [0.25, 0.3) is 5.91 Å². The second kappa shape index (κ2) is 6.42. The molecular weight excluding hydrogens is 335 g/mol. The Bertz CT molecular complexity index is 970. The van der Waals surface area contributed by atoms with Gasteiger partial charge in [0.1, 0.15) is 11.3 Å². The number of carbonyl (C=O) groups excluding carboxylic acids is 1. The van der Waals surface area contributed by atoms with E-state index in [0.717, 1.165) is 0 Å². The van der Waals surface area contributed by atoms with Crippen LogP contribution in [0, 0.1) is 17.5 Å².